The highest BCUT2D eigenvalue weighted by Crippen LogP contribution is 2.33. The Balaban J connectivity index is 1.31. The Morgan fingerprint density at radius 3 is 2.44 bits per heavy atom. The van der Waals surface area contributed by atoms with Crippen molar-refractivity contribution >= 4 is 20.8 Å². The summed E-state index contributed by atoms with van der Waals surface area (Å²) < 4.78 is 39.0. The van der Waals surface area contributed by atoms with Crippen LogP contribution >= 0.6 is 0 Å². The van der Waals surface area contributed by atoms with Crippen LogP contribution in [0.25, 0.3) is 22.2 Å². The summed E-state index contributed by atoms with van der Waals surface area (Å²) in [6.07, 6.45) is 1.27. The molecule has 0 amide bonds. The number of aromatic nitrogens is 2. The van der Waals surface area contributed by atoms with Gasteiger partial charge in [-0.1, -0.05) is 41.6 Å². The summed E-state index contributed by atoms with van der Waals surface area (Å²) in [4.78, 5) is 4.91. The molecular formula is C24H23N3O4S. The lowest BCUT2D eigenvalue weighted by Crippen LogP contribution is -2.38. The van der Waals surface area contributed by atoms with Crippen molar-refractivity contribution in [3.8, 4) is 17.1 Å². The minimum Gasteiger partial charge on any atom is -0.497 e. The number of piperidine rings is 1. The molecule has 0 N–H and O–H groups in total. The van der Waals surface area contributed by atoms with Crippen molar-refractivity contribution < 1.29 is 17.7 Å². The van der Waals surface area contributed by atoms with Gasteiger partial charge in [0.1, 0.15) is 5.75 Å². The third-order valence-electron chi connectivity index (χ3n) is 5.96. The fraction of sp³-hybridized carbons (Fsp3) is 0.250. The van der Waals surface area contributed by atoms with E-state index in [-0.39, 0.29) is 5.92 Å². The van der Waals surface area contributed by atoms with Crippen LogP contribution in [0.1, 0.15) is 24.7 Å². The monoisotopic (exact) mass is 449 g/mol. The van der Waals surface area contributed by atoms with Crippen molar-refractivity contribution in [2.24, 2.45) is 0 Å². The minimum absolute atomic E-state index is 0.0356. The molecule has 1 aliphatic rings. The summed E-state index contributed by atoms with van der Waals surface area (Å²) in [6.45, 7) is 0.826. The number of fused-ring (bicyclic) bond motifs is 1. The van der Waals surface area contributed by atoms with Crippen molar-refractivity contribution in [3.63, 3.8) is 0 Å². The van der Waals surface area contributed by atoms with E-state index in [0.29, 0.717) is 42.5 Å². The highest BCUT2D eigenvalue weighted by Gasteiger charge is 2.33. The second-order valence-corrected chi connectivity index (χ2v) is 9.75. The van der Waals surface area contributed by atoms with E-state index < -0.39 is 10.0 Å². The lowest BCUT2D eigenvalue weighted by Gasteiger charge is -2.29. The predicted molar refractivity (Wildman–Crippen MR) is 121 cm³/mol. The van der Waals surface area contributed by atoms with Crippen LogP contribution in [0.3, 0.4) is 0 Å². The maximum Gasteiger partial charge on any atom is 0.243 e. The first kappa shape index (κ1) is 20.7. The molecule has 0 saturated carbocycles. The van der Waals surface area contributed by atoms with Crippen LogP contribution in [-0.2, 0) is 10.0 Å². The third-order valence-corrected chi connectivity index (χ3v) is 7.92. The largest absolute Gasteiger partial charge is 0.497 e. The molecule has 164 valence electrons. The summed E-state index contributed by atoms with van der Waals surface area (Å²) in [5.74, 6) is 1.87. The molecular weight excluding hydrogens is 426 g/mol. The second kappa shape index (κ2) is 8.37. The number of hydrogen-bond acceptors (Lipinski definition) is 6. The van der Waals surface area contributed by atoms with E-state index in [0.717, 1.165) is 22.1 Å². The summed E-state index contributed by atoms with van der Waals surface area (Å²) in [7, 11) is -1.96. The minimum atomic E-state index is -3.58. The fourth-order valence-electron chi connectivity index (χ4n) is 4.16. The molecule has 4 aromatic rings. The molecule has 2 heterocycles. The van der Waals surface area contributed by atoms with Gasteiger partial charge in [-0.25, -0.2) is 8.42 Å². The zero-order valence-electron chi connectivity index (χ0n) is 17.6. The van der Waals surface area contributed by atoms with Gasteiger partial charge in [-0.3, -0.25) is 0 Å². The van der Waals surface area contributed by atoms with Crippen molar-refractivity contribution in [2.45, 2.75) is 23.7 Å². The van der Waals surface area contributed by atoms with Gasteiger partial charge in [0.25, 0.3) is 0 Å². The van der Waals surface area contributed by atoms with Crippen LogP contribution in [-0.4, -0.2) is 43.1 Å². The fourth-order valence-corrected chi connectivity index (χ4v) is 5.85. The first-order valence-corrected chi connectivity index (χ1v) is 12.0. The molecule has 0 aliphatic carbocycles. The van der Waals surface area contributed by atoms with E-state index in [2.05, 4.69) is 10.1 Å². The van der Waals surface area contributed by atoms with Gasteiger partial charge in [-0.15, -0.1) is 0 Å². The summed E-state index contributed by atoms with van der Waals surface area (Å²) in [5.41, 5.74) is 0.844. The zero-order valence-corrected chi connectivity index (χ0v) is 18.5. The molecule has 0 unspecified atom stereocenters. The summed E-state index contributed by atoms with van der Waals surface area (Å²) in [5, 5.41) is 5.77. The molecule has 0 bridgehead atoms. The number of hydrogen-bond donors (Lipinski definition) is 0. The average Bonchev–Trinajstić information content (AvgIpc) is 3.34. The van der Waals surface area contributed by atoms with Crippen LogP contribution in [0.15, 0.2) is 76.1 Å². The molecule has 8 heteroatoms. The lowest BCUT2D eigenvalue weighted by atomic mass is 9.98. The molecule has 0 spiro atoms. The number of nitrogens with zero attached hydrogens (tertiary/aromatic N) is 3. The standard InChI is InChI=1S/C24H23N3O4S/c1-30-20-11-9-18(10-12-20)23-25-24(31-26-23)19-13-15-27(16-14-19)32(28,29)22-8-4-6-17-5-2-3-7-21(17)22/h2-12,19H,13-16H2,1H3. The average molecular weight is 450 g/mol. The second-order valence-electron chi connectivity index (χ2n) is 7.84. The molecule has 1 aromatic heterocycles. The molecule has 1 saturated heterocycles. The predicted octanol–water partition coefficient (Wildman–Crippen LogP) is 4.47. The van der Waals surface area contributed by atoms with Crippen LogP contribution in [0.2, 0.25) is 0 Å². The number of rotatable bonds is 5. The van der Waals surface area contributed by atoms with Gasteiger partial charge >= 0.3 is 0 Å². The van der Waals surface area contributed by atoms with Crippen molar-refractivity contribution in [2.75, 3.05) is 20.2 Å². The highest BCUT2D eigenvalue weighted by molar-refractivity contribution is 7.89. The maximum atomic E-state index is 13.4. The normalized spacial score (nSPS) is 15.8. The third kappa shape index (κ3) is 3.76. The smallest absolute Gasteiger partial charge is 0.243 e. The Morgan fingerprint density at radius 1 is 0.969 bits per heavy atom. The Bertz CT molecular complexity index is 1340. The highest BCUT2D eigenvalue weighted by atomic mass is 32.2. The molecule has 5 rings (SSSR count). The van der Waals surface area contributed by atoms with Gasteiger partial charge < -0.3 is 9.26 Å². The van der Waals surface area contributed by atoms with Crippen molar-refractivity contribution in [1.29, 1.82) is 0 Å². The molecule has 1 fully saturated rings. The van der Waals surface area contributed by atoms with Gasteiger partial charge in [0.2, 0.25) is 21.7 Å². The maximum absolute atomic E-state index is 13.4. The lowest BCUT2D eigenvalue weighted by molar-refractivity contribution is 0.271. The van der Waals surface area contributed by atoms with Gasteiger partial charge in [0.05, 0.1) is 12.0 Å². The first-order chi connectivity index (χ1) is 15.6. The van der Waals surface area contributed by atoms with E-state index >= 15 is 0 Å². The van der Waals surface area contributed by atoms with Crippen molar-refractivity contribution in [3.05, 3.63) is 72.6 Å². The summed E-state index contributed by atoms with van der Waals surface area (Å²) in [6, 6.07) is 20.4. The van der Waals surface area contributed by atoms with Crippen LogP contribution in [0.4, 0.5) is 0 Å². The van der Waals surface area contributed by atoms with Gasteiger partial charge in [0, 0.05) is 30.0 Å². The topological polar surface area (TPSA) is 85.5 Å². The van der Waals surface area contributed by atoms with Gasteiger partial charge in [-0.05, 0) is 48.6 Å². The van der Waals surface area contributed by atoms with E-state index in [1.165, 1.54) is 0 Å². The molecule has 0 atom stereocenters. The number of methoxy groups -OCH3 is 1. The van der Waals surface area contributed by atoms with Gasteiger partial charge in [0.15, 0.2) is 0 Å². The Labute approximate surface area is 186 Å². The number of benzene rings is 3. The first-order valence-electron chi connectivity index (χ1n) is 10.5. The molecule has 0 radical (unpaired) electrons. The van der Waals surface area contributed by atoms with Gasteiger partial charge in [-0.2, -0.15) is 9.29 Å². The van der Waals surface area contributed by atoms with E-state index in [9.17, 15) is 8.42 Å². The van der Waals surface area contributed by atoms with Crippen molar-refractivity contribution in [1.82, 2.24) is 14.4 Å². The molecule has 32 heavy (non-hydrogen) atoms. The Morgan fingerprint density at radius 2 is 1.69 bits per heavy atom. The van der Waals surface area contributed by atoms with Crippen LogP contribution < -0.4 is 4.74 Å². The van der Waals surface area contributed by atoms with E-state index in [1.807, 2.05) is 54.6 Å². The number of sulfonamides is 1. The van der Waals surface area contributed by atoms with E-state index in [1.54, 1.807) is 23.5 Å². The van der Waals surface area contributed by atoms with Crippen LogP contribution in [0.5, 0.6) is 5.75 Å². The zero-order chi connectivity index (χ0) is 22.1. The summed E-state index contributed by atoms with van der Waals surface area (Å²) >= 11 is 0. The van der Waals surface area contributed by atoms with E-state index in [4.69, 9.17) is 9.26 Å². The molecule has 7 nitrogen and oxygen atoms in total. The number of ether oxygens (including phenoxy) is 1. The Kier molecular flexibility index (Phi) is 5.40. The quantitative estimate of drug-likeness (QED) is 0.447. The molecule has 1 aliphatic heterocycles. The molecule has 3 aromatic carbocycles. The SMILES string of the molecule is COc1ccc(-c2noc(C3CCN(S(=O)(=O)c4cccc5ccccc45)CC3)n2)cc1. The van der Waals surface area contributed by atoms with Crippen LogP contribution in [0, 0.1) is 0 Å². The Hall–Kier alpha value is -3.23.